The number of nitrogens with zero attached hydrogens (tertiary/aromatic N) is 5. The minimum Gasteiger partial charge on any atom is -0.348 e. The van der Waals surface area contributed by atoms with E-state index in [1.807, 2.05) is 43.8 Å². The average molecular weight is 912 g/mol. The Bertz CT molecular complexity index is 2860. The monoisotopic (exact) mass is 911 g/mol. The van der Waals surface area contributed by atoms with Crippen LogP contribution in [0.5, 0.6) is 0 Å². The fourth-order valence-corrected chi connectivity index (χ4v) is 8.54. The molecule has 0 aliphatic rings. The van der Waals surface area contributed by atoms with Gasteiger partial charge < -0.3 is 19.5 Å². The van der Waals surface area contributed by atoms with Gasteiger partial charge in [0.15, 0.2) is 0 Å². The van der Waals surface area contributed by atoms with Crippen molar-refractivity contribution >= 4 is 11.6 Å². The van der Waals surface area contributed by atoms with Gasteiger partial charge in [-0.2, -0.15) is 0 Å². The summed E-state index contributed by atoms with van der Waals surface area (Å²) in [6.45, 7) is 24.5. The van der Waals surface area contributed by atoms with E-state index < -0.39 is 0 Å². The first-order valence-electron chi connectivity index (χ1n) is 23.2. The number of benzene rings is 5. The van der Waals surface area contributed by atoms with Gasteiger partial charge in [0.25, 0.3) is 0 Å². The molecule has 0 fully saturated rings. The molecule has 4 unspecified atom stereocenters. The molecule has 0 amide bonds. The van der Waals surface area contributed by atoms with E-state index in [-0.39, 0.29) is 5.92 Å². The second kappa shape index (κ2) is 23.6. The van der Waals surface area contributed by atoms with Crippen LogP contribution in [0.2, 0.25) is 5.02 Å². The number of aryl methyl sites for hydroxylation is 6. The Balaban J connectivity index is 0.000000150. The van der Waals surface area contributed by atoms with Gasteiger partial charge in [0.1, 0.15) is 23.3 Å². The lowest BCUT2D eigenvalue weighted by Crippen LogP contribution is -2.10. The van der Waals surface area contributed by atoms with Crippen LogP contribution >= 0.6 is 11.6 Å². The second-order valence-corrected chi connectivity index (χ2v) is 18.2. The Morgan fingerprint density at radius 1 is 0.478 bits per heavy atom. The summed E-state index contributed by atoms with van der Waals surface area (Å²) in [6, 6.07) is 36.3. The van der Waals surface area contributed by atoms with E-state index in [1.54, 1.807) is 18.6 Å². The van der Waals surface area contributed by atoms with Gasteiger partial charge in [-0.15, -0.1) is 0 Å². The predicted octanol–water partition coefficient (Wildman–Crippen LogP) is 14.6. The number of aromatic nitrogens is 8. The second-order valence-electron chi connectivity index (χ2n) is 17.8. The van der Waals surface area contributed by atoms with Crippen molar-refractivity contribution in [1.82, 2.24) is 39.5 Å². The van der Waals surface area contributed by atoms with Crippen molar-refractivity contribution in [3.63, 3.8) is 0 Å². The van der Waals surface area contributed by atoms with Gasteiger partial charge in [-0.3, -0.25) is 0 Å². The van der Waals surface area contributed by atoms with E-state index in [9.17, 15) is 0 Å². The van der Waals surface area contributed by atoms with Crippen LogP contribution in [0, 0.1) is 48.5 Å². The average Bonchev–Trinajstić information content (AvgIpc) is 4.19. The van der Waals surface area contributed by atoms with Crippen LogP contribution in [0.1, 0.15) is 141 Å². The third-order valence-electron chi connectivity index (χ3n) is 12.6. The molecule has 9 heteroatoms. The minimum atomic E-state index is 0.274. The zero-order valence-electron chi connectivity index (χ0n) is 41.1. The summed E-state index contributed by atoms with van der Waals surface area (Å²) >= 11 is 5.99. The molecule has 9 aromatic rings. The third-order valence-corrected chi connectivity index (χ3v) is 13.0. The fourth-order valence-electron chi connectivity index (χ4n) is 8.43. The SMILES string of the molecule is Cc1cc(C(C)c2ncc[nH]2)ccc1Cl.Cc1cc(C)cc(C(C)c2ncc[nH]2)c1.Cc1ccc(C)c(C(C)c2ncc[nH]2)c1.Cc1cccc(C(C)c2nccn2Cc2ccccc2)c1C. The Hall–Kier alpha value is -6.77. The Kier molecular flexibility index (Phi) is 17.5. The van der Waals surface area contributed by atoms with Crippen LogP contribution in [-0.4, -0.2) is 39.5 Å². The van der Waals surface area contributed by atoms with Gasteiger partial charge in [0.2, 0.25) is 0 Å². The summed E-state index contributed by atoms with van der Waals surface area (Å²) in [6.07, 6.45) is 14.9. The van der Waals surface area contributed by atoms with E-state index in [1.165, 1.54) is 61.2 Å². The molecule has 346 valence electrons. The highest BCUT2D eigenvalue weighted by molar-refractivity contribution is 6.31. The van der Waals surface area contributed by atoms with Crippen LogP contribution in [0.3, 0.4) is 0 Å². The number of hydrogen-bond donors (Lipinski definition) is 3. The van der Waals surface area contributed by atoms with E-state index >= 15 is 0 Å². The number of hydrogen-bond acceptors (Lipinski definition) is 4. The number of imidazole rings is 4. The minimum absolute atomic E-state index is 0.274. The van der Waals surface area contributed by atoms with Gasteiger partial charge in [0, 0.05) is 84.8 Å². The van der Waals surface area contributed by atoms with E-state index in [0.717, 1.165) is 40.4 Å². The highest BCUT2D eigenvalue weighted by Gasteiger charge is 2.18. The van der Waals surface area contributed by atoms with Crippen LogP contribution < -0.4 is 0 Å². The summed E-state index contributed by atoms with van der Waals surface area (Å²) in [4.78, 5) is 26.9. The van der Waals surface area contributed by atoms with E-state index in [4.69, 9.17) is 11.6 Å². The van der Waals surface area contributed by atoms with Crippen molar-refractivity contribution in [2.75, 3.05) is 0 Å². The number of nitrogens with one attached hydrogen (secondary N) is 3. The number of halogens is 1. The number of rotatable bonds is 10. The molecule has 0 spiro atoms. The molecular formula is C58H67ClN8. The zero-order valence-corrected chi connectivity index (χ0v) is 41.8. The summed E-state index contributed by atoms with van der Waals surface area (Å²) < 4.78 is 2.25. The maximum atomic E-state index is 5.99. The van der Waals surface area contributed by atoms with Gasteiger partial charge in [-0.25, -0.2) is 19.9 Å². The van der Waals surface area contributed by atoms with Crippen LogP contribution in [0.25, 0.3) is 0 Å². The van der Waals surface area contributed by atoms with Gasteiger partial charge in [-0.05, 0) is 105 Å². The predicted molar refractivity (Wildman–Crippen MR) is 278 cm³/mol. The molecule has 0 radical (unpaired) electrons. The molecule has 5 aromatic carbocycles. The highest BCUT2D eigenvalue weighted by atomic mass is 35.5. The summed E-state index contributed by atoms with van der Waals surface area (Å²) in [5, 5.41) is 0.811. The molecule has 8 nitrogen and oxygen atoms in total. The fraction of sp³-hybridized carbons (Fsp3) is 0.276. The first-order chi connectivity index (χ1) is 32.2. The topological polar surface area (TPSA) is 104 Å². The Morgan fingerprint density at radius 3 is 1.66 bits per heavy atom. The van der Waals surface area contributed by atoms with Crippen molar-refractivity contribution in [3.05, 3.63) is 248 Å². The van der Waals surface area contributed by atoms with Crippen molar-refractivity contribution in [2.45, 2.75) is 106 Å². The van der Waals surface area contributed by atoms with Gasteiger partial charge >= 0.3 is 0 Å². The molecule has 9 rings (SSSR count). The smallest absolute Gasteiger partial charge is 0.116 e. The van der Waals surface area contributed by atoms with Crippen molar-refractivity contribution in [3.8, 4) is 0 Å². The van der Waals surface area contributed by atoms with E-state index in [2.05, 4.69) is 206 Å². The lowest BCUT2D eigenvalue weighted by Gasteiger charge is -2.18. The maximum Gasteiger partial charge on any atom is 0.116 e. The molecule has 4 aromatic heterocycles. The molecule has 0 saturated heterocycles. The standard InChI is InChI=1S/C20H22N2.2C13H16N2.C12H13ClN2/c1-15-8-7-11-19(16(15)2)17(3)20-21-12-13-22(20)14-18-9-5-4-6-10-18;1-9-6-10(2)8-12(7-9)11(3)13-14-4-5-15-13;1-9-4-5-10(2)12(8-9)11(3)13-14-6-7-15-13;1-8-7-10(3-4-11(8)13)9(2)12-14-5-6-15-12/h4-13,17H,14H2,1-3H3;2*4-8,11H,1-3H3,(H,14,15);3-7,9H,1-2H3,(H,14,15). The molecule has 3 N–H and O–H groups in total. The largest absolute Gasteiger partial charge is 0.348 e. The number of H-pyrrole nitrogens is 3. The zero-order chi connectivity index (χ0) is 48.0. The Morgan fingerprint density at radius 2 is 1.07 bits per heavy atom. The molecule has 0 aliphatic carbocycles. The lowest BCUT2D eigenvalue weighted by molar-refractivity contribution is 0.687. The van der Waals surface area contributed by atoms with Crippen LogP contribution in [0.4, 0.5) is 0 Å². The van der Waals surface area contributed by atoms with Crippen molar-refractivity contribution in [2.24, 2.45) is 0 Å². The first-order valence-corrected chi connectivity index (χ1v) is 23.6. The summed E-state index contributed by atoms with van der Waals surface area (Å²) in [5.41, 5.74) is 15.6. The molecule has 67 heavy (non-hydrogen) atoms. The van der Waals surface area contributed by atoms with Crippen molar-refractivity contribution in [1.29, 1.82) is 0 Å². The van der Waals surface area contributed by atoms with Gasteiger partial charge in [-0.1, -0.05) is 153 Å². The third kappa shape index (κ3) is 13.4. The molecule has 4 heterocycles. The quantitative estimate of drug-likeness (QED) is 0.127. The van der Waals surface area contributed by atoms with Crippen LogP contribution in [0.15, 0.2) is 153 Å². The number of aromatic amines is 3. The van der Waals surface area contributed by atoms with Crippen LogP contribution in [-0.2, 0) is 6.54 Å². The van der Waals surface area contributed by atoms with Crippen molar-refractivity contribution < 1.29 is 0 Å². The summed E-state index contributed by atoms with van der Waals surface area (Å²) in [7, 11) is 0. The highest BCUT2D eigenvalue weighted by Crippen LogP contribution is 2.29. The van der Waals surface area contributed by atoms with Gasteiger partial charge in [0.05, 0.1) is 0 Å². The maximum absolute atomic E-state index is 5.99. The molecular weight excluding hydrogens is 844 g/mol. The Labute approximate surface area is 403 Å². The molecule has 0 saturated carbocycles. The normalized spacial score (nSPS) is 12.6. The molecule has 4 atom stereocenters. The summed E-state index contributed by atoms with van der Waals surface area (Å²) in [5.74, 6) is 5.39. The van der Waals surface area contributed by atoms with E-state index in [0.29, 0.717) is 17.8 Å². The first kappa shape index (κ1) is 49.7. The lowest BCUT2D eigenvalue weighted by atomic mass is 9.93. The molecule has 0 aliphatic heterocycles. The molecule has 0 bridgehead atoms.